The van der Waals surface area contributed by atoms with E-state index >= 15 is 0 Å². The molecule has 2 aromatic heterocycles. The summed E-state index contributed by atoms with van der Waals surface area (Å²) < 4.78 is 29.9. The molecule has 2 N–H and O–H groups in total. The number of rotatable bonds is 11. The Balaban J connectivity index is 1.21. The largest absolute Gasteiger partial charge is 0.473 e. The van der Waals surface area contributed by atoms with Crippen LogP contribution in [0, 0.1) is 5.82 Å². The molecule has 42 heavy (non-hydrogen) atoms. The van der Waals surface area contributed by atoms with Gasteiger partial charge in [0.15, 0.2) is 17.3 Å². The highest BCUT2D eigenvalue weighted by Crippen LogP contribution is 2.23. The van der Waals surface area contributed by atoms with Gasteiger partial charge >= 0.3 is 5.97 Å². The molecular weight excluding hydrogens is 565 g/mol. The van der Waals surface area contributed by atoms with Gasteiger partial charge in [0, 0.05) is 41.6 Å². The zero-order valence-corrected chi connectivity index (χ0v) is 23.4. The average Bonchev–Trinajstić information content (AvgIpc) is 2.96. The van der Waals surface area contributed by atoms with E-state index in [0.717, 1.165) is 17.5 Å². The van der Waals surface area contributed by atoms with Gasteiger partial charge in [0.1, 0.15) is 12.4 Å². The molecule has 0 radical (unpaired) electrons. The van der Waals surface area contributed by atoms with Gasteiger partial charge in [-0.15, -0.1) is 0 Å². The van der Waals surface area contributed by atoms with Gasteiger partial charge in [0.25, 0.3) is 0 Å². The highest BCUT2D eigenvalue weighted by molar-refractivity contribution is 6.30. The number of pyridine rings is 1. The topological polar surface area (TPSA) is 125 Å². The van der Waals surface area contributed by atoms with Crippen LogP contribution < -0.4 is 15.4 Å². The molecule has 1 saturated heterocycles. The molecule has 3 heterocycles. The zero-order chi connectivity index (χ0) is 29.5. The smallest absolute Gasteiger partial charge is 0.356 e. The minimum atomic E-state index is -0.576. The summed E-state index contributed by atoms with van der Waals surface area (Å²) in [6, 6.07) is 16.3. The standard InChI is InChI=1S/C30H27ClFN5O5/c1-40-30(39)25-9-8-24(29(36-25)34-16-22-11-13-41-22)35-26(38)14-18-2-4-19(5-3-18)28-33-12-10-27(37-28)42-17-20-6-7-21(31)15-23(20)32/h2-10,12,15,22H,11,13-14,16-17H2,1H3,(H,34,36)(H,35,38). The number of esters is 1. The number of carbonyl (C=O) groups excluding carboxylic acids is 2. The van der Waals surface area contributed by atoms with Crippen molar-refractivity contribution in [3.05, 3.63) is 94.5 Å². The fourth-order valence-corrected chi connectivity index (χ4v) is 4.23. The first-order valence-electron chi connectivity index (χ1n) is 13.1. The molecule has 12 heteroatoms. The number of aromatic nitrogens is 3. The van der Waals surface area contributed by atoms with E-state index in [0.29, 0.717) is 41.1 Å². The Labute approximate surface area is 246 Å². The number of anilines is 2. The molecule has 4 aromatic rings. The van der Waals surface area contributed by atoms with Crippen molar-refractivity contribution in [1.29, 1.82) is 0 Å². The van der Waals surface area contributed by atoms with Crippen molar-refractivity contribution >= 4 is 35.0 Å². The average molecular weight is 592 g/mol. The monoisotopic (exact) mass is 591 g/mol. The van der Waals surface area contributed by atoms with Crippen LogP contribution in [0.15, 0.2) is 66.9 Å². The van der Waals surface area contributed by atoms with E-state index in [1.54, 1.807) is 54.7 Å². The van der Waals surface area contributed by atoms with Crippen LogP contribution >= 0.6 is 11.6 Å². The Morgan fingerprint density at radius 3 is 2.62 bits per heavy atom. The van der Waals surface area contributed by atoms with Crippen LogP contribution in [0.3, 0.4) is 0 Å². The lowest BCUT2D eigenvalue weighted by Crippen LogP contribution is -2.34. The minimum absolute atomic E-state index is 0.0139. The summed E-state index contributed by atoms with van der Waals surface area (Å²) in [5.74, 6) is -0.232. The second-order valence-electron chi connectivity index (χ2n) is 9.41. The van der Waals surface area contributed by atoms with E-state index in [1.807, 2.05) is 0 Å². The van der Waals surface area contributed by atoms with Gasteiger partial charge in [0.05, 0.1) is 25.3 Å². The van der Waals surface area contributed by atoms with Crippen molar-refractivity contribution < 1.29 is 28.2 Å². The Morgan fingerprint density at radius 1 is 1.10 bits per heavy atom. The van der Waals surface area contributed by atoms with Crippen LogP contribution in [0.1, 0.15) is 28.0 Å². The molecule has 2 aromatic carbocycles. The van der Waals surface area contributed by atoms with Gasteiger partial charge in [-0.3, -0.25) is 4.79 Å². The van der Waals surface area contributed by atoms with E-state index in [9.17, 15) is 14.0 Å². The quantitative estimate of drug-likeness (QED) is 0.230. The van der Waals surface area contributed by atoms with Gasteiger partial charge < -0.3 is 24.8 Å². The summed E-state index contributed by atoms with van der Waals surface area (Å²) in [4.78, 5) is 37.9. The van der Waals surface area contributed by atoms with E-state index in [1.165, 1.54) is 19.2 Å². The number of hydrogen-bond donors (Lipinski definition) is 2. The molecule has 1 fully saturated rings. The van der Waals surface area contributed by atoms with Crippen LogP contribution in [-0.4, -0.2) is 53.2 Å². The molecule has 1 aliphatic rings. The number of hydrogen-bond acceptors (Lipinski definition) is 9. The van der Waals surface area contributed by atoms with Crippen LogP contribution in [0.25, 0.3) is 11.4 Å². The molecule has 1 amide bonds. The second-order valence-corrected chi connectivity index (χ2v) is 9.85. The Hall–Kier alpha value is -4.61. The zero-order valence-electron chi connectivity index (χ0n) is 22.6. The minimum Gasteiger partial charge on any atom is -0.473 e. The number of ether oxygens (including phenoxy) is 3. The Kier molecular flexibility index (Phi) is 9.20. The molecule has 1 unspecified atom stereocenters. The van der Waals surface area contributed by atoms with Crippen LogP contribution in [0.2, 0.25) is 5.02 Å². The third-order valence-corrected chi connectivity index (χ3v) is 6.69. The van der Waals surface area contributed by atoms with Crippen LogP contribution in [0.5, 0.6) is 5.88 Å². The molecule has 1 atom stereocenters. The summed E-state index contributed by atoms with van der Waals surface area (Å²) in [6.45, 7) is 1.19. The SMILES string of the molecule is COC(=O)c1ccc(NC(=O)Cc2ccc(-c3nccc(OCc4ccc(Cl)cc4F)n3)cc2)c(NCC2CCO2)n1. The highest BCUT2D eigenvalue weighted by Gasteiger charge is 2.20. The maximum absolute atomic E-state index is 14.1. The highest BCUT2D eigenvalue weighted by atomic mass is 35.5. The van der Waals surface area contributed by atoms with Crippen molar-refractivity contribution in [1.82, 2.24) is 15.0 Å². The maximum atomic E-state index is 14.1. The molecule has 5 rings (SSSR count). The number of nitrogens with zero attached hydrogens (tertiary/aromatic N) is 3. The Bertz CT molecular complexity index is 1580. The van der Waals surface area contributed by atoms with Crippen molar-refractivity contribution in [2.45, 2.75) is 25.6 Å². The van der Waals surface area contributed by atoms with Gasteiger partial charge in [-0.1, -0.05) is 41.9 Å². The molecule has 0 saturated carbocycles. The van der Waals surface area contributed by atoms with Crippen molar-refractivity contribution in [3.8, 4) is 17.3 Å². The summed E-state index contributed by atoms with van der Waals surface area (Å²) in [5.41, 5.74) is 2.39. The maximum Gasteiger partial charge on any atom is 0.356 e. The molecule has 0 spiro atoms. The van der Waals surface area contributed by atoms with Crippen molar-refractivity contribution in [2.75, 3.05) is 30.9 Å². The first kappa shape index (κ1) is 28.9. The number of methoxy groups -OCH3 is 1. The number of carbonyl (C=O) groups is 2. The lowest BCUT2D eigenvalue weighted by molar-refractivity contribution is -0.115. The molecule has 10 nitrogen and oxygen atoms in total. The van der Waals surface area contributed by atoms with Gasteiger partial charge in [-0.2, -0.15) is 4.98 Å². The second kappa shape index (κ2) is 13.4. The van der Waals surface area contributed by atoms with Gasteiger partial charge in [-0.25, -0.2) is 19.2 Å². The summed E-state index contributed by atoms with van der Waals surface area (Å²) >= 11 is 5.80. The summed E-state index contributed by atoms with van der Waals surface area (Å²) in [7, 11) is 1.28. The van der Waals surface area contributed by atoms with Crippen molar-refractivity contribution in [3.63, 3.8) is 0 Å². The molecule has 216 valence electrons. The van der Waals surface area contributed by atoms with E-state index in [-0.39, 0.29) is 36.6 Å². The van der Waals surface area contributed by atoms with Crippen molar-refractivity contribution in [2.24, 2.45) is 0 Å². The third kappa shape index (κ3) is 7.36. The van der Waals surface area contributed by atoms with Crippen LogP contribution in [0.4, 0.5) is 15.9 Å². The normalized spacial score (nSPS) is 14.0. The van der Waals surface area contributed by atoms with Gasteiger partial charge in [-0.05, 0) is 36.2 Å². The van der Waals surface area contributed by atoms with Crippen LogP contribution in [-0.2, 0) is 27.3 Å². The first-order valence-corrected chi connectivity index (χ1v) is 13.5. The van der Waals surface area contributed by atoms with E-state index < -0.39 is 11.8 Å². The number of benzene rings is 2. The molecule has 1 aliphatic heterocycles. The van der Waals surface area contributed by atoms with Gasteiger partial charge in [0.2, 0.25) is 11.8 Å². The summed E-state index contributed by atoms with van der Waals surface area (Å²) in [6.07, 6.45) is 2.63. The lowest BCUT2D eigenvalue weighted by Gasteiger charge is -2.27. The molecule has 0 aliphatic carbocycles. The molecular formula is C30H27ClFN5O5. The Morgan fingerprint density at radius 2 is 1.90 bits per heavy atom. The third-order valence-electron chi connectivity index (χ3n) is 6.45. The number of nitrogens with one attached hydrogen (secondary N) is 2. The van der Waals surface area contributed by atoms with E-state index in [2.05, 4.69) is 25.6 Å². The predicted octanol–water partition coefficient (Wildman–Crippen LogP) is 5.08. The summed E-state index contributed by atoms with van der Waals surface area (Å²) in [5, 5.41) is 6.32. The molecule has 0 bridgehead atoms. The predicted molar refractivity (Wildman–Crippen MR) is 154 cm³/mol. The number of halogens is 2. The number of amides is 1. The van der Waals surface area contributed by atoms with E-state index in [4.69, 9.17) is 25.8 Å². The fraction of sp³-hybridized carbons (Fsp3) is 0.233. The first-order chi connectivity index (χ1) is 20.4. The fourth-order valence-electron chi connectivity index (χ4n) is 4.07. The lowest BCUT2D eigenvalue weighted by atomic mass is 10.1.